The number of guanidine groups is 1. The number of aliphatic imine (C=N–C) groups is 1. The highest BCUT2D eigenvalue weighted by Gasteiger charge is 2.24. The fourth-order valence-electron chi connectivity index (χ4n) is 2.96. The van der Waals surface area contributed by atoms with Gasteiger partial charge in [-0.15, -0.1) is 24.0 Å². The summed E-state index contributed by atoms with van der Waals surface area (Å²) in [7, 11) is 0. The monoisotopic (exact) mass is 533 g/mol. The Hall–Kier alpha value is -2.11. The van der Waals surface area contributed by atoms with Crippen LogP contribution in [0.15, 0.2) is 29.3 Å². The topological polar surface area (TPSA) is 109 Å². The lowest BCUT2D eigenvalue weighted by Crippen LogP contribution is -2.50. The molecule has 0 aliphatic carbocycles. The van der Waals surface area contributed by atoms with Gasteiger partial charge in [-0.05, 0) is 31.2 Å². The summed E-state index contributed by atoms with van der Waals surface area (Å²) in [5, 5.41) is 17.6. The van der Waals surface area contributed by atoms with E-state index in [-0.39, 0.29) is 41.8 Å². The lowest BCUT2D eigenvalue weighted by Gasteiger charge is -2.32. The number of rotatable bonds is 7. The van der Waals surface area contributed by atoms with E-state index in [2.05, 4.69) is 29.5 Å². The predicted octanol–water partition coefficient (Wildman–Crippen LogP) is 3.52. The van der Waals surface area contributed by atoms with Crippen LogP contribution in [0.5, 0.6) is 0 Å². The van der Waals surface area contributed by atoms with Crippen LogP contribution in [0.4, 0.5) is 10.5 Å². The first-order valence-electron chi connectivity index (χ1n) is 10.1. The molecule has 0 aromatic heterocycles. The second-order valence-electron chi connectivity index (χ2n) is 7.47. The maximum atomic E-state index is 11.8. The van der Waals surface area contributed by atoms with E-state index in [1.165, 1.54) is 12.1 Å². The average molecular weight is 533 g/mol. The summed E-state index contributed by atoms with van der Waals surface area (Å²) in [6.07, 6.45) is 1.38. The first-order chi connectivity index (χ1) is 13.9. The summed E-state index contributed by atoms with van der Waals surface area (Å²) in [6, 6.07) is 6.64. The van der Waals surface area contributed by atoms with E-state index < -0.39 is 4.92 Å². The molecule has 1 saturated heterocycles. The van der Waals surface area contributed by atoms with Crippen LogP contribution in [0.1, 0.15) is 39.2 Å². The molecule has 30 heavy (non-hydrogen) atoms. The molecule has 1 aromatic rings. The molecule has 2 rings (SSSR count). The van der Waals surface area contributed by atoms with Crippen molar-refractivity contribution in [2.75, 3.05) is 26.2 Å². The van der Waals surface area contributed by atoms with Gasteiger partial charge < -0.3 is 20.3 Å². The van der Waals surface area contributed by atoms with Gasteiger partial charge in [0.05, 0.1) is 18.1 Å². The molecule has 1 amide bonds. The highest BCUT2D eigenvalue weighted by molar-refractivity contribution is 14.0. The molecule has 1 fully saturated rings. The predicted molar refractivity (Wildman–Crippen MR) is 127 cm³/mol. The first kappa shape index (κ1) is 25.9. The number of halogens is 1. The second kappa shape index (κ2) is 13.2. The Morgan fingerprint density at radius 2 is 1.93 bits per heavy atom. The number of nitrogens with one attached hydrogen (secondary N) is 2. The van der Waals surface area contributed by atoms with Crippen LogP contribution in [0.2, 0.25) is 0 Å². The Labute approximate surface area is 194 Å². The van der Waals surface area contributed by atoms with Gasteiger partial charge in [0.25, 0.3) is 5.69 Å². The van der Waals surface area contributed by atoms with Crippen molar-refractivity contribution in [3.63, 3.8) is 0 Å². The summed E-state index contributed by atoms with van der Waals surface area (Å²) in [6.45, 7) is 8.95. The highest BCUT2D eigenvalue weighted by Crippen LogP contribution is 2.13. The van der Waals surface area contributed by atoms with Crippen molar-refractivity contribution in [1.82, 2.24) is 15.5 Å². The number of ether oxygens (including phenoxy) is 1. The number of hydrogen-bond donors (Lipinski definition) is 2. The Bertz CT molecular complexity index is 704. The van der Waals surface area contributed by atoms with Crippen molar-refractivity contribution in [3.8, 4) is 0 Å². The molecule has 0 spiro atoms. The minimum absolute atomic E-state index is 0. The van der Waals surface area contributed by atoms with Gasteiger partial charge in [-0.1, -0.05) is 26.0 Å². The third-order valence-corrected chi connectivity index (χ3v) is 4.61. The van der Waals surface area contributed by atoms with Crippen LogP contribution in [0.3, 0.4) is 0 Å². The number of non-ortho nitro benzene ring substituents is 1. The quantitative estimate of drug-likeness (QED) is 0.183. The standard InChI is InChI=1S/C20H31N5O4.HI/c1-4-29-20(26)24-11-9-17(10-12-24)23-19(21-13-15(2)3)22-14-16-5-7-18(8-6-16)25(27)28;/h5-8,15,17H,4,9-14H2,1-3H3,(H2,21,22,23);1H. The summed E-state index contributed by atoms with van der Waals surface area (Å²) < 4.78 is 5.06. The van der Waals surface area contributed by atoms with Gasteiger partial charge in [0.1, 0.15) is 0 Å². The summed E-state index contributed by atoms with van der Waals surface area (Å²) in [5.41, 5.74) is 0.973. The molecular formula is C20H32IN5O4. The third kappa shape index (κ3) is 8.72. The molecule has 0 unspecified atom stereocenters. The van der Waals surface area contributed by atoms with Gasteiger partial charge in [0.2, 0.25) is 0 Å². The minimum Gasteiger partial charge on any atom is -0.450 e. The van der Waals surface area contributed by atoms with Gasteiger partial charge in [0.15, 0.2) is 5.96 Å². The smallest absolute Gasteiger partial charge is 0.409 e. The Balaban J connectivity index is 0.00000450. The van der Waals surface area contributed by atoms with E-state index in [9.17, 15) is 14.9 Å². The summed E-state index contributed by atoms with van der Waals surface area (Å²) >= 11 is 0. The number of likely N-dealkylation sites (tertiary alicyclic amines) is 1. The van der Waals surface area contributed by atoms with E-state index in [0.717, 1.165) is 24.9 Å². The van der Waals surface area contributed by atoms with Crippen molar-refractivity contribution in [2.24, 2.45) is 10.9 Å². The lowest BCUT2D eigenvalue weighted by molar-refractivity contribution is -0.384. The number of carbonyl (C=O) groups excluding carboxylic acids is 1. The molecule has 0 bridgehead atoms. The lowest BCUT2D eigenvalue weighted by atomic mass is 10.1. The Morgan fingerprint density at radius 3 is 2.47 bits per heavy atom. The second-order valence-corrected chi connectivity index (χ2v) is 7.47. The maximum absolute atomic E-state index is 11.8. The number of nitrogens with zero attached hydrogens (tertiary/aromatic N) is 3. The van der Waals surface area contributed by atoms with E-state index in [4.69, 9.17) is 4.74 Å². The molecule has 0 atom stereocenters. The van der Waals surface area contributed by atoms with Crippen molar-refractivity contribution in [2.45, 2.75) is 46.2 Å². The maximum Gasteiger partial charge on any atom is 0.409 e. The Kier molecular flexibility index (Phi) is 11.4. The zero-order valence-corrected chi connectivity index (χ0v) is 20.1. The number of nitro benzene ring substituents is 1. The number of amides is 1. The van der Waals surface area contributed by atoms with Crippen molar-refractivity contribution in [1.29, 1.82) is 0 Å². The fraction of sp³-hybridized carbons (Fsp3) is 0.600. The number of hydrogen-bond acceptors (Lipinski definition) is 5. The van der Waals surface area contributed by atoms with Gasteiger partial charge in [0, 0.05) is 37.8 Å². The van der Waals surface area contributed by atoms with Gasteiger partial charge in [-0.25, -0.2) is 9.79 Å². The molecule has 9 nitrogen and oxygen atoms in total. The molecule has 10 heteroatoms. The average Bonchev–Trinajstić information content (AvgIpc) is 2.71. The molecule has 1 aliphatic rings. The molecule has 168 valence electrons. The largest absolute Gasteiger partial charge is 0.450 e. The molecule has 1 aliphatic heterocycles. The molecule has 1 aromatic carbocycles. The highest BCUT2D eigenvalue weighted by atomic mass is 127. The zero-order valence-electron chi connectivity index (χ0n) is 17.8. The molecule has 0 saturated carbocycles. The molecular weight excluding hydrogens is 501 g/mol. The van der Waals surface area contributed by atoms with Gasteiger partial charge in [-0.2, -0.15) is 0 Å². The molecule has 1 heterocycles. The molecule has 0 radical (unpaired) electrons. The van der Waals surface area contributed by atoms with Crippen molar-refractivity contribution >= 4 is 41.7 Å². The van der Waals surface area contributed by atoms with Crippen LogP contribution in [0.25, 0.3) is 0 Å². The Morgan fingerprint density at radius 1 is 1.30 bits per heavy atom. The minimum atomic E-state index is -0.410. The third-order valence-electron chi connectivity index (χ3n) is 4.61. The zero-order chi connectivity index (χ0) is 21.2. The number of piperidine rings is 1. The van der Waals surface area contributed by atoms with Gasteiger partial charge >= 0.3 is 6.09 Å². The van der Waals surface area contributed by atoms with Crippen molar-refractivity contribution in [3.05, 3.63) is 39.9 Å². The number of benzene rings is 1. The first-order valence-corrected chi connectivity index (χ1v) is 10.1. The number of carbonyl (C=O) groups is 1. The van der Waals surface area contributed by atoms with Crippen LogP contribution in [0, 0.1) is 16.0 Å². The summed E-state index contributed by atoms with van der Waals surface area (Å²) in [5.74, 6) is 1.18. The van der Waals surface area contributed by atoms with Crippen LogP contribution in [-0.2, 0) is 11.3 Å². The van der Waals surface area contributed by atoms with E-state index in [0.29, 0.717) is 38.1 Å². The fourth-order valence-corrected chi connectivity index (χ4v) is 2.96. The van der Waals surface area contributed by atoms with E-state index >= 15 is 0 Å². The number of nitro groups is 1. The van der Waals surface area contributed by atoms with E-state index in [1.807, 2.05) is 0 Å². The SMILES string of the molecule is CCOC(=O)N1CCC(NC(=NCc2ccc([N+](=O)[O-])cc2)NCC(C)C)CC1.I. The van der Waals surface area contributed by atoms with Crippen LogP contribution in [-0.4, -0.2) is 54.2 Å². The van der Waals surface area contributed by atoms with Crippen LogP contribution < -0.4 is 10.6 Å². The van der Waals surface area contributed by atoms with E-state index in [1.54, 1.807) is 24.0 Å². The van der Waals surface area contributed by atoms with Crippen LogP contribution >= 0.6 is 24.0 Å². The van der Waals surface area contributed by atoms with Gasteiger partial charge in [-0.3, -0.25) is 10.1 Å². The summed E-state index contributed by atoms with van der Waals surface area (Å²) in [4.78, 5) is 28.6. The molecule has 2 N–H and O–H groups in total. The normalized spacial score (nSPS) is 14.8. The van der Waals surface area contributed by atoms with Crippen molar-refractivity contribution < 1.29 is 14.5 Å².